The summed E-state index contributed by atoms with van der Waals surface area (Å²) in [6.45, 7) is 5.94. The fraction of sp³-hybridized carbons (Fsp3) is 0.556. The quantitative estimate of drug-likeness (QED) is 0.715. The Balaban J connectivity index is 3.07. The predicted octanol–water partition coefficient (Wildman–Crippen LogP) is 0.0748. The molecule has 0 aliphatic heterocycles. The van der Waals surface area contributed by atoms with Crippen molar-refractivity contribution in [1.29, 1.82) is 0 Å². The van der Waals surface area contributed by atoms with Crippen LogP contribution in [0.5, 0.6) is 0 Å². The largest absolute Gasteiger partial charge is 0.343 e. The van der Waals surface area contributed by atoms with Crippen molar-refractivity contribution in [2.75, 3.05) is 18.0 Å². The molecule has 0 saturated carbocycles. The molecule has 1 heterocycles. The van der Waals surface area contributed by atoms with Crippen molar-refractivity contribution in [1.82, 2.24) is 9.97 Å². The van der Waals surface area contributed by atoms with Gasteiger partial charge in [0.15, 0.2) is 0 Å². The highest BCUT2D eigenvalue weighted by Crippen LogP contribution is 2.03. The molecule has 14 heavy (non-hydrogen) atoms. The van der Waals surface area contributed by atoms with E-state index in [-0.39, 0.29) is 12.1 Å². The Hall–Kier alpha value is -1.36. The molecule has 5 heteroatoms. The summed E-state index contributed by atoms with van der Waals surface area (Å²) in [5.74, 6) is 0.600. The van der Waals surface area contributed by atoms with Crippen molar-refractivity contribution in [2.45, 2.75) is 20.4 Å². The van der Waals surface area contributed by atoms with E-state index in [1.807, 2.05) is 18.7 Å². The van der Waals surface area contributed by atoms with Crippen molar-refractivity contribution >= 4 is 5.95 Å². The summed E-state index contributed by atoms with van der Waals surface area (Å²) >= 11 is 0. The minimum Gasteiger partial charge on any atom is -0.343 e. The van der Waals surface area contributed by atoms with Crippen LogP contribution in [0.25, 0.3) is 0 Å². The van der Waals surface area contributed by atoms with Crippen LogP contribution in [-0.4, -0.2) is 23.1 Å². The number of aromatic amines is 1. The summed E-state index contributed by atoms with van der Waals surface area (Å²) < 4.78 is 0. The summed E-state index contributed by atoms with van der Waals surface area (Å²) in [6, 6.07) is 1.42. The normalized spacial score (nSPS) is 10.2. The van der Waals surface area contributed by atoms with Crippen molar-refractivity contribution in [3.63, 3.8) is 0 Å². The number of aromatic nitrogens is 2. The van der Waals surface area contributed by atoms with Crippen LogP contribution in [0, 0.1) is 0 Å². The Labute approximate surface area is 83.0 Å². The highest BCUT2D eigenvalue weighted by atomic mass is 16.1. The van der Waals surface area contributed by atoms with Crippen molar-refractivity contribution in [3.8, 4) is 0 Å². The van der Waals surface area contributed by atoms with E-state index in [2.05, 4.69) is 9.97 Å². The lowest BCUT2D eigenvalue weighted by Gasteiger charge is -2.19. The third kappa shape index (κ3) is 2.32. The second-order valence-electron chi connectivity index (χ2n) is 2.94. The molecule has 0 atom stereocenters. The van der Waals surface area contributed by atoms with Crippen molar-refractivity contribution in [2.24, 2.45) is 5.73 Å². The molecule has 1 aromatic rings. The minimum absolute atomic E-state index is 0.151. The van der Waals surface area contributed by atoms with Gasteiger partial charge in [0.25, 0.3) is 5.56 Å². The molecule has 5 nitrogen and oxygen atoms in total. The maximum absolute atomic E-state index is 11.2. The maximum atomic E-state index is 11.2. The zero-order valence-corrected chi connectivity index (χ0v) is 8.58. The van der Waals surface area contributed by atoms with Gasteiger partial charge in [0, 0.05) is 25.7 Å². The SMILES string of the molecule is CCN(CC)c1nc(CN)cc(=O)[nH]1. The molecule has 0 radical (unpaired) electrons. The molecule has 78 valence electrons. The van der Waals surface area contributed by atoms with Gasteiger partial charge in [-0.2, -0.15) is 0 Å². The first kappa shape index (κ1) is 10.7. The van der Waals surface area contributed by atoms with E-state index in [0.29, 0.717) is 11.6 Å². The third-order valence-corrected chi connectivity index (χ3v) is 2.05. The molecule has 1 aromatic heterocycles. The van der Waals surface area contributed by atoms with Gasteiger partial charge in [0.1, 0.15) is 0 Å². The molecule has 0 spiro atoms. The molecular weight excluding hydrogens is 180 g/mol. The Morgan fingerprint density at radius 2 is 2.14 bits per heavy atom. The zero-order valence-electron chi connectivity index (χ0n) is 8.58. The number of hydrogen-bond donors (Lipinski definition) is 2. The van der Waals surface area contributed by atoms with Gasteiger partial charge in [-0.15, -0.1) is 0 Å². The van der Waals surface area contributed by atoms with Gasteiger partial charge >= 0.3 is 0 Å². The van der Waals surface area contributed by atoms with Gasteiger partial charge in [0.05, 0.1) is 5.69 Å². The Kier molecular flexibility index (Phi) is 3.64. The first-order valence-electron chi connectivity index (χ1n) is 4.76. The lowest BCUT2D eigenvalue weighted by atomic mass is 10.4. The molecule has 0 saturated heterocycles. The Bertz CT molecular complexity index is 343. The van der Waals surface area contributed by atoms with Gasteiger partial charge in [0.2, 0.25) is 5.95 Å². The molecule has 1 rings (SSSR count). The molecule has 0 fully saturated rings. The molecule has 0 unspecified atom stereocenters. The van der Waals surface area contributed by atoms with Crippen LogP contribution in [0.15, 0.2) is 10.9 Å². The first-order valence-corrected chi connectivity index (χ1v) is 4.76. The predicted molar refractivity (Wildman–Crippen MR) is 56.3 cm³/mol. The topological polar surface area (TPSA) is 75.0 Å². The Morgan fingerprint density at radius 3 is 2.64 bits per heavy atom. The Morgan fingerprint density at radius 1 is 1.50 bits per heavy atom. The number of H-pyrrole nitrogens is 1. The lowest BCUT2D eigenvalue weighted by Crippen LogP contribution is -2.27. The lowest BCUT2D eigenvalue weighted by molar-refractivity contribution is 0.802. The fourth-order valence-corrected chi connectivity index (χ4v) is 1.27. The third-order valence-electron chi connectivity index (χ3n) is 2.05. The zero-order chi connectivity index (χ0) is 10.6. The van der Waals surface area contributed by atoms with E-state index < -0.39 is 0 Å². The van der Waals surface area contributed by atoms with E-state index in [1.165, 1.54) is 6.07 Å². The van der Waals surface area contributed by atoms with Crippen LogP contribution in [0.4, 0.5) is 5.95 Å². The highest BCUT2D eigenvalue weighted by molar-refractivity contribution is 5.29. The summed E-state index contributed by atoms with van der Waals surface area (Å²) in [4.78, 5) is 20.1. The van der Waals surface area contributed by atoms with Gasteiger partial charge in [-0.1, -0.05) is 0 Å². The van der Waals surface area contributed by atoms with Crippen LogP contribution in [0.1, 0.15) is 19.5 Å². The molecule has 0 amide bonds. The fourth-order valence-electron chi connectivity index (χ4n) is 1.27. The van der Waals surface area contributed by atoms with Crippen molar-refractivity contribution in [3.05, 3.63) is 22.1 Å². The van der Waals surface area contributed by atoms with E-state index in [0.717, 1.165) is 13.1 Å². The summed E-state index contributed by atoms with van der Waals surface area (Å²) in [6.07, 6.45) is 0. The number of hydrogen-bond acceptors (Lipinski definition) is 4. The molecule has 3 N–H and O–H groups in total. The smallest absolute Gasteiger partial charge is 0.252 e. The average molecular weight is 196 g/mol. The van der Waals surface area contributed by atoms with Crippen LogP contribution in [0.3, 0.4) is 0 Å². The first-order chi connectivity index (χ1) is 6.71. The van der Waals surface area contributed by atoms with E-state index in [1.54, 1.807) is 0 Å². The van der Waals surface area contributed by atoms with Gasteiger partial charge in [-0.05, 0) is 13.8 Å². The maximum Gasteiger partial charge on any atom is 0.252 e. The highest BCUT2D eigenvalue weighted by Gasteiger charge is 2.05. The van der Waals surface area contributed by atoms with Crippen LogP contribution >= 0.6 is 0 Å². The summed E-state index contributed by atoms with van der Waals surface area (Å²) in [7, 11) is 0. The van der Waals surface area contributed by atoms with E-state index in [9.17, 15) is 4.79 Å². The number of nitrogens with one attached hydrogen (secondary N) is 1. The summed E-state index contributed by atoms with van der Waals surface area (Å²) in [5, 5.41) is 0. The van der Waals surface area contributed by atoms with Crippen LogP contribution < -0.4 is 16.2 Å². The number of rotatable bonds is 4. The van der Waals surface area contributed by atoms with Crippen molar-refractivity contribution < 1.29 is 0 Å². The van der Waals surface area contributed by atoms with Crippen LogP contribution in [-0.2, 0) is 6.54 Å². The molecule has 0 aliphatic carbocycles. The second kappa shape index (κ2) is 4.76. The van der Waals surface area contributed by atoms with Gasteiger partial charge < -0.3 is 10.6 Å². The number of nitrogens with zero attached hydrogens (tertiary/aromatic N) is 2. The second-order valence-corrected chi connectivity index (χ2v) is 2.94. The number of nitrogens with two attached hydrogens (primary N) is 1. The summed E-state index contributed by atoms with van der Waals surface area (Å²) in [5.41, 5.74) is 5.91. The standard InChI is InChI=1S/C9H16N4O/c1-3-13(4-2)9-11-7(6-10)5-8(14)12-9/h5H,3-4,6,10H2,1-2H3,(H,11,12,14). The monoisotopic (exact) mass is 196 g/mol. The minimum atomic E-state index is -0.151. The molecule has 0 bridgehead atoms. The van der Waals surface area contributed by atoms with Gasteiger partial charge in [-0.25, -0.2) is 4.98 Å². The van der Waals surface area contributed by atoms with Crippen LogP contribution in [0.2, 0.25) is 0 Å². The molecular formula is C9H16N4O. The number of anilines is 1. The van der Waals surface area contributed by atoms with Gasteiger partial charge in [-0.3, -0.25) is 9.78 Å². The van der Waals surface area contributed by atoms with E-state index in [4.69, 9.17) is 5.73 Å². The molecule has 0 aromatic carbocycles. The van der Waals surface area contributed by atoms with E-state index >= 15 is 0 Å². The average Bonchev–Trinajstić information content (AvgIpc) is 2.19. The molecule has 0 aliphatic rings.